The molecule has 4 nitrogen and oxygen atoms in total. The third kappa shape index (κ3) is 2.36. The van der Waals surface area contributed by atoms with Gasteiger partial charge < -0.3 is 10.1 Å². The number of allylic oxidation sites excluding steroid dienone is 2. The maximum Gasteiger partial charge on any atom is 0.337 e. The Bertz CT molecular complexity index is 505. The van der Waals surface area contributed by atoms with E-state index in [1.165, 1.54) is 0 Å². The Balaban J connectivity index is 1.82. The SMILES string of the molecule is CCCOC(=O)C1=CN=CCC2C1NC1C=CC=CC12. The minimum absolute atomic E-state index is 0.0317. The number of esters is 1. The van der Waals surface area contributed by atoms with Crippen LogP contribution in [0.25, 0.3) is 0 Å². The van der Waals surface area contributed by atoms with E-state index in [9.17, 15) is 4.79 Å². The van der Waals surface area contributed by atoms with Gasteiger partial charge in [-0.25, -0.2) is 4.79 Å². The summed E-state index contributed by atoms with van der Waals surface area (Å²) in [5, 5.41) is 3.56. The van der Waals surface area contributed by atoms with Gasteiger partial charge in [0, 0.05) is 30.4 Å². The number of ether oxygens (including phenoxy) is 1. The van der Waals surface area contributed by atoms with E-state index in [0.717, 1.165) is 12.8 Å². The zero-order chi connectivity index (χ0) is 13.9. The van der Waals surface area contributed by atoms with E-state index in [2.05, 4.69) is 34.6 Å². The fourth-order valence-corrected chi connectivity index (χ4v) is 3.22. The minimum Gasteiger partial charge on any atom is -0.462 e. The van der Waals surface area contributed by atoms with Gasteiger partial charge in [-0.05, 0) is 18.8 Å². The highest BCUT2D eigenvalue weighted by Crippen LogP contribution is 2.37. The molecule has 0 amide bonds. The van der Waals surface area contributed by atoms with E-state index in [1.807, 2.05) is 13.1 Å². The highest BCUT2D eigenvalue weighted by Gasteiger charge is 2.44. The fraction of sp³-hybridized carbons (Fsp3) is 0.500. The number of nitrogens with zero attached hydrogens (tertiary/aromatic N) is 1. The lowest BCUT2D eigenvalue weighted by atomic mass is 9.81. The van der Waals surface area contributed by atoms with Crippen LogP contribution < -0.4 is 5.32 Å². The summed E-state index contributed by atoms with van der Waals surface area (Å²) in [5.41, 5.74) is 0.661. The number of fused-ring (bicyclic) bond motifs is 3. The number of carbonyl (C=O) groups is 1. The topological polar surface area (TPSA) is 50.7 Å². The summed E-state index contributed by atoms with van der Waals surface area (Å²) >= 11 is 0. The van der Waals surface area contributed by atoms with E-state index in [4.69, 9.17) is 4.74 Å². The molecule has 20 heavy (non-hydrogen) atoms. The van der Waals surface area contributed by atoms with Gasteiger partial charge in [-0.3, -0.25) is 4.99 Å². The second-order valence-corrected chi connectivity index (χ2v) is 5.47. The highest BCUT2D eigenvalue weighted by atomic mass is 16.5. The van der Waals surface area contributed by atoms with Crippen LogP contribution >= 0.6 is 0 Å². The zero-order valence-corrected chi connectivity index (χ0v) is 11.7. The number of rotatable bonds is 3. The minimum atomic E-state index is -0.236. The van der Waals surface area contributed by atoms with Crippen LogP contribution in [0.5, 0.6) is 0 Å². The first-order chi connectivity index (χ1) is 9.81. The van der Waals surface area contributed by atoms with Gasteiger partial charge in [0.1, 0.15) is 0 Å². The van der Waals surface area contributed by atoms with Crippen LogP contribution in [0.1, 0.15) is 19.8 Å². The summed E-state index contributed by atoms with van der Waals surface area (Å²) in [6, 6.07) is 0.341. The lowest BCUT2D eigenvalue weighted by molar-refractivity contribution is -0.139. The van der Waals surface area contributed by atoms with E-state index >= 15 is 0 Å². The molecule has 3 rings (SSSR count). The molecule has 0 bridgehead atoms. The Morgan fingerprint density at radius 2 is 2.30 bits per heavy atom. The van der Waals surface area contributed by atoms with Crippen LogP contribution in [0.3, 0.4) is 0 Å². The Labute approximate surface area is 119 Å². The van der Waals surface area contributed by atoms with Crippen LogP contribution in [-0.4, -0.2) is 30.9 Å². The van der Waals surface area contributed by atoms with E-state index in [0.29, 0.717) is 30.1 Å². The largest absolute Gasteiger partial charge is 0.462 e. The maximum atomic E-state index is 12.2. The fourth-order valence-electron chi connectivity index (χ4n) is 3.22. The molecule has 2 aliphatic heterocycles. The van der Waals surface area contributed by atoms with Crippen LogP contribution in [0.15, 0.2) is 41.1 Å². The van der Waals surface area contributed by atoms with Gasteiger partial charge >= 0.3 is 5.97 Å². The molecular weight excluding hydrogens is 252 g/mol. The summed E-state index contributed by atoms with van der Waals surface area (Å²) in [6.45, 7) is 2.46. The Morgan fingerprint density at radius 1 is 1.45 bits per heavy atom. The third-order valence-electron chi connectivity index (χ3n) is 4.18. The van der Waals surface area contributed by atoms with Crippen molar-refractivity contribution in [2.24, 2.45) is 16.8 Å². The first-order valence-corrected chi connectivity index (χ1v) is 7.31. The molecule has 0 saturated carbocycles. The van der Waals surface area contributed by atoms with Crippen molar-refractivity contribution < 1.29 is 9.53 Å². The van der Waals surface area contributed by atoms with Crippen molar-refractivity contribution in [2.75, 3.05) is 6.61 Å². The molecule has 106 valence electrons. The lowest BCUT2D eigenvalue weighted by Crippen LogP contribution is -2.35. The number of hydrogen-bond acceptors (Lipinski definition) is 4. The number of nitrogens with one attached hydrogen (secondary N) is 1. The van der Waals surface area contributed by atoms with Crippen LogP contribution in [0.2, 0.25) is 0 Å². The molecule has 0 radical (unpaired) electrons. The Hall–Kier alpha value is -1.68. The molecular formula is C16H20N2O2. The van der Waals surface area contributed by atoms with Gasteiger partial charge in [0.2, 0.25) is 0 Å². The zero-order valence-electron chi connectivity index (χ0n) is 11.7. The van der Waals surface area contributed by atoms with Gasteiger partial charge in [0.25, 0.3) is 0 Å². The van der Waals surface area contributed by atoms with Crippen molar-refractivity contribution in [3.05, 3.63) is 36.1 Å². The molecule has 1 fully saturated rings. The summed E-state index contributed by atoms with van der Waals surface area (Å²) in [6.07, 6.45) is 13.9. The molecule has 0 aromatic heterocycles. The Morgan fingerprint density at radius 3 is 3.15 bits per heavy atom. The molecule has 1 saturated heterocycles. The summed E-state index contributed by atoms with van der Waals surface area (Å²) in [7, 11) is 0. The molecule has 4 unspecified atom stereocenters. The second-order valence-electron chi connectivity index (χ2n) is 5.47. The quantitative estimate of drug-likeness (QED) is 0.799. The predicted molar refractivity (Wildman–Crippen MR) is 78.4 cm³/mol. The van der Waals surface area contributed by atoms with Crippen molar-refractivity contribution in [1.82, 2.24) is 5.32 Å². The van der Waals surface area contributed by atoms with Crippen molar-refractivity contribution in [1.29, 1.82) is 0 Å². The second kappa shape index (κ2) is 5.75. The summed E-state index contributed by atoms with van der Waals surface area (Å²) < 4.78 is 5.29. The molecule has 4 atom stereocenters. The van der Waals surface area contributed by atoms with Crippen LogP contribution in [-0.2, 0) is 9.53 Å². The standard InChI is InChI=1S/C16H20N2O2/c1-2-9-20-16(19)13-10-17-8-7-12-11-5-3-4-6-14(11)18-15(12)13/h3-6,8,10-12,14-15,18H,2,7,9H2,1H3. The maximum absolute atomic E-state index is 12.2. The van der Waals surface area contributed by atoms with E-state index in [1.54, 1.807) is 6.20 Å². The van der Waals surface area contributed by atoms with Gasteiger partial charge in [-0.1, -0.05) is 31.2 Å². The monoisotopic (exact) mass is 272 g/mol. The van der Waals surface area contributed by atoms with Gasteiger partial charge in [0.05, 0.1) is 12.2 Å². The van der Waals surface area contributed by atoms with Gasteiger partial charge in [0.15, 0.2) is 0 Å². The summed E-state index contributed by atoms with van der Waals surface area (Å²) in [4.78, 5) is 16.4. The molecule has 0 aromatic rings. The normalized spacial score (nSPS) is 34.1. The lowest BCUT2D eigenvalue weighted by Gasteiger charge is -2.21. The third-order valence-corrected chi connectivity index (χ3v) is 4.18. The average molecular weight is 272 g/mol. The first-order valence-electron chi connectivity index (χ1n) is 7.31. The van der Waals surface area contributed by atoms with Crippen molar-refractivity contribution in [3.8, 4) is 0 Å². The van der Waals surface area contributed by atoms with Crippen molar-refractivity contribution >= 4 is 12.2 Å². The van der Waals surface area contributed by atoms with E-state index in [-0.39, 0.29) is 12.0 Å². The number of hydrogen-bond donors (Lipinski definition) is 1. The number of carbonyl (C=O) groups excluding carboxylic acids is 1. The van der Waals surface area contributed by atoms with Gasteiger partial charge in [-0.15, -0.1) is 0 Å². The summed E-state index contributed by atoms with van der Waals surface area (Å²) in [5.74, 6) is 0.560. The molecule has 4 heteroatoms. The Kier molecular flexibility index (Phi) is 3.83. The first kappa shape index (κ1) is 13.3. The molecule has 0 spiro atoms. The predicted octanol–water partition coefficient (Wildman–Crippen LogP) is 2.00. The van der Waals surface area contributed by atoms with Crippen LogP contribution in [0.4, 0.5) is 0 Å². The molecule has 1 aliphatic carbocycles. The van der Waals surface area contributed by atoms with Crippen molar-refractivity contribution in [3.63, 3.8) is 0 Å². The van der Waals surface area contributed by atoms with E-state index < -0.39 is 0 Å². The smallest absolute Gasteiger partial charge is 0.337 e. The number of aliphatic imine (C=N–C) groups is 1. The molecule has 0 aromatic carbocycles. The molecule has 2 heterocycles. The highest BCUT2D eigenvalue weighted by molar-refractivity contribution is 5.90. The van der Waals surface area contributed by atoms with Crippen molar-refractivity contribution in [2.45, 2.75) is 31.8 Å². The molecule has 3 aliphatic rings. The van der Waals surface area contributed by atoms with Gasteiger partial charge in [-0.2, -0.15) is 0 Å². The van der Waals surface area contributed by atoms with Crippen LogP contribution in [0, 0.1) is 11.8 Å². The average Bonchev–Trinajstić information content (AvgIpc) is 2.70. The molecule has 1 N–H and O–H groups in total.